The Morgan fingerprint density at radius 2 is 1.97 bits per heavy atom. The highest BCUT2D eigenvalue weighted by Crippen LogP contribution is 2.21. The lowest BCUT2D eigenvalue weighted by molar-refractivity contribution is 0.102. The van der Waals surface area contributed by atoms with E-state index >= 15 is 0 Å². The Morgan fingerprint density at radius 1 is 1.06 bits per heavy atom. The third-order valence-corrected chi connectivity index (χ3v) is 5.56. The molecule has 8 nitrogen and oxygen atoms in total. The first-order valence-electron chi connectivity index (χ1n) is 10.4. The van der Waals surface area contributed by atoms with Crippen molar-refractivity contribution in [2.24, 2.45) is 0 Å². The molecule has 2 aromatic carbocycles. The summed E-state index contributed by atoms with van der Waals surface area (Å²) in [5.74, 6) is 0.906. The topological polar surface area (TPSA) is 103 Å². The van der Waals surface area contributed by atoms with Gasteiger partial charge in [-0.3, -0.25) is 14.2 Å². The number of nitrogens with zero attached hydrogens (tertiary/aromatic N) is 4. The van der Waals surface area contributed by atoms with Gasteiger partial charge in [0.1, 0.15) is 5.82 Å². The van der Waals surface area contributed by atoms with Crippen LogP contribution in [0.2, 0.25) is 0 Å². The van der Waals surface area contributed by atoms with E-state index in [0.29, 0.717) is 40.2 Å². The highest BCUT2D eigenvalue weighted by atomic mass is 16.4. The second-order valence-corrected chi connectivity index (χ2v) is 7.66. The van der Waals surface area contributed by atoms with Crippen molar-refractivity contribution in [1.82, 2.24) is 19.7 Å². The smallest absolute Gasteiger partial charge is 0.261 e. The third kappa shape index (κ3) is 3.84. The molecule has 31 heavy (non-hydrogen) atoms. The summed E-state index contributed by atoms with van der Waals surface area (Å²) in [5, 5.41) is 11.0. The lowest BCUT2D eigenvalue weighted by Gasteiger charge is -2.16. The van der Waals surface area contributed by atoms with Crippen LogP contribution in [-0.4, -0.2) is 25.7 Å². The summed E-state index contributed by atoms with van der Waals surface area (Å²) < 4.78 is 7.01. The SMILES string of the molecule is O=C(Nc1cccc(-c2nnco2)c1)c1ccc2c(=O)n3c(nc2c1)CCCCCC3. The Balaban J connectivity index is 1.45. The Labute approximate surface area is 178 Å². The van der Waals surface area contributed by atoms with Gasteiger partial charge in [-0.2, -0.15) is 0 Å². The van der Waals surface area contributed by atoms with Crippen molar-refractivity contribution in [2.75, 3.05) is 5.32 Å². The largest absolute Gasteiger partial charge is 0.423 e. The number of aromatic nitrogens is 4. The molecule has 0 atom stereocenters. The maximum atomic E-state index is 13.0. The van der Waals surface area contributed by atoms with E-state index < -0.39 is 0 Å². The molecular formula is C23H21N5O3. The average Bonchev–Trinajstić information content (AvgIpc) is 3.30. The molecule has 0 radical (unpaired) electrons. The van der Waals surface area contributed by atoms with Crippen LogP contribution < -0.4 is 10.9 Å². The fourth-order valence-corrected chi connectivity index (χ4v) is 3.97. The highest BCUT2D eigenvalue weighted by Gasteiger charge is 2.15. The molecule has 4 aromatic rings. The Kier molecular flexibility index (Phi) is 5.03. The van der Waals surface area contributed by atoms with Gasteiger partial charge in [-0.05, 0) is 49.2 Å². The summed E-state index contributed by atoms with van der Waals surface area (Å²) in [5.41, 5.74) is 2.29. The van der Waals surface area contributed by atoms with Crippen LogP contribution in [0.15, 0.2) is 58.1 Å². The minimum atomic E-state index is -0.279. The molecule has 0 fully saturated rings. The average molecular weight is 415 g/mol. The molecule has 1 N–H and O–H groups in total. The van der Waals surface area contributed by atoms with Crippen LogP contribution in [-0.2, 0) is 13.0 Å². The summed E-state index contributed by atoms with van der Waals surface area (Å²) in [6.45, 7) is 0.704. The molecule has 0 spiro atoms. The zero-order valence-electron chi connectivity index (χ0n) is 16.9. The molecule has 156 valence electrons. The first-order valence-corrected chi connectivity index (χ1v) is 10.4. The summed E-state index contributed by atoms with van der Waals surface area (Å²) in [6.07, 6.45) is 6.34. The lowest BCUT2D eigenvalue weighted by Crippen LogP contribution is -2.26. The molecule has 5 rings (SSSR count). The first kappa shape index (κ1) is 19.2. The van der Waals surface area contributed by atoms with E-state index in [1.54, 1.807) is 41.0 Å². The predicted octanol–water partition coefficient (Wildman–Crippen LogP) is 3.82. The molecule has 3 heterocycles. The second-order valence-electron chi connectivity index (χ2n) is 7.66. The van der Waals surface area contributed by atoms with E-state index in [4.69, 9.17) is 9.40 Å². The fraction of sp³-hybridized carbons (Fsp3) is 0.261. The number of hydrogen-bond donors (Lipinski definition) is 1. The zero-order chi connectivity index (χ0) is 21.2. The van der Waals surface area contributed by atoms with Crippen LogP contribution in [0.5, 0.6) is 0 Å². The van der Waals surface area contributed by atoms with Crippen molar-refractivity contribution in [3.63, 3.8) is 0 Å². The standard InChI is InChI=1S/C23H21N5O3/c29-21(25-17-7-5-6-16(12-17)22-27-24-14-31-22)15-9-10-18-19(13-15)26-20-8-3-1-2-4-11-28(20)23(18)30/h5-7,9-10,12-14H,1-4,8,11H2,(H,25,29). The van der Waals surface area contributed by atoms with Crippen LogP contribution >= 0.6 is 0 Å². The van der Waals surface area contributed by atoms with Gasteiger partial charge in [-0.1, -0.05) is 18.9 Å². The number of fused-ring (bicyclic) bond motifs is 2. The van der Waals surface area contributed by atoms with Gasteiger partial charge < -0.3 is 9.73 Å². The number of aryl methyl sites for hydroxylation is 1. The molecule has 1 amide bonds. The minimum Gasteiger partial charge on any atom is -0.423 e. The monoisotopic (exact) mass is 415 g/mol. The van der Waals surface area contributed by atoms with E-state index in [2.05, 4.69) is 15.5 Å². The van der Waals surface area contributed by atoms with E-state index in [0.717, 1.165) is 37.9 Å². The van der Waals surface area contributed by atoms with Gasteiger partial charge >= 0.3 is 0 Å². The number of rotatable bonds is 3. The van der Waals surface area contributed by atoms with Crippen molar-refractivity contribution in [3.8, 4) is 11.5 Å². The normalized spacial score (nSPS) is 13.9. The summed E-state index contributed by atoms with van der Waals surface area (Å²) in [4.78, 5) is 30.6. The molecule has 0 saturated carbocycles. The predicted molar refractivity (Wildman–Crippen MR) is 116 cm³/mol. The molecular weight excluding hydrogens is 394 g/mol. The van der Waals surface area contributed by atoms with Gasteiger partial charge in [0, 0.05) is 29.8 Å². The van der Waals surface area contributed by atoms with Gasteiger partial charge in [0.05, 0.1) is 10.9 Å². The van der Waals surface area contributed by atoms with E-state index in [1.165, 1.54) is 6.39 Å². The molecule has 0 aliphatic carbocycles. The summed E-state index contributed by atoms with van der Waals surface area (Å²) in [7, 11) is 0. The van der Waals surface area contributed by atoms with Gasteiger partial charge in [0.15, 0.2) is 0 Å². The summed E-state index contributed by atoms with van der Waals surface area (Å²) in [6, 6.07) is 12.2. The van der Waals surface area contributed by atoms with Crippen LogP contribution in [0.4, 0.5) is 5.69 Å². The Hall–Kier alpha value is -3.81. The fourth-order valence-electron chi connectivity index (χ4n) is 3.97. The molecule has 2 aromatic heterocycles. The van der Waals surface area contributed by atoms with Crippen LogP contribution in [0.3, 0.4) is 0 Å². The first-order chi connectivity index (χ1) is 15.2. The van der Waals surface area contributed by atoms with Crippen molar-refractivity contribution in [1.29, 1.82) is 0 Å². The van der Waals surface area contributed by atoms with Gasteiger partial charge in [0.25, 0.3) is 11.5 Å². The lowest BCUT2D eigenvalue weighted by atomic mass is 10.1. The minimum absolute atomic E-state index is 0.0267. The number of benzene rings is 2. The van der Waals surface area contributed by atoms with E-state index in [-0.39, 0.29) is 11.5 Å². The number of anilines is 1. The van der Waals surface area contributed by atoms with Crippen LogP contribution in [0.25, 0.3) is 22.4 Å². The summed E-state index contributed by atoms with van der Waals surface area (Å²) >= 11 is 0. The third-order valence-electron chi connectivity index (χ3n) is 5.56. The van der Waals surface area contributed by atoms with Crippen LogP contribution in [0.1, 0.15) is 41.9 Å². The number of amides is 1. The van der Waals surface area contributed by atoms with Gasteiger partial charge in [0.2, 0.25) is 12.3 Å². The van der Waals surface area contributed by atoms with Crippen LogP contribution in [0, 0.1) is 0 Å². The molecule has 0 saturated heterocycles. The van der Waals surface area contributed by atoms with Gasteiger partial charge in [-0.25, -0.2) is 4.98 Å². The molecule has 1 aliphatic heterocycles. The van der Waals surface area contributed by atoms with Gasteiger partial charge in [-0.15, -0.1) is 10.2 Å². The van der Waals surface area contributed by atoms with Crippen molar-refractivity contribution < 1.29 is 9.21 Å². The Bertz CT molecular complexity index is 1310. The number of carbonyl (C=O) groups is 1. The molecule has 0 bridgehead atoms. The maximum Gasteiger partial charge on any atom is 0.261 e. The number of hydrogen-bond acceptors (Lipinski definition) is 6. The zero-order valence-corrected chi connectivity index (χ0v) is 16.9. The van der Waals surface area contributed by atoms with E-state index in [9.17, 15) is 9.59 Å². The number of nitrogens with one attached hydrogen (secondary N) is 1. The highest BCUT2D eigenvalue weighted by molar-refractivity contribution is 6.06. The number of carbonyl (C=O) groups excluding carboxylic acids is 1. The van der Waals surface area contributed by atoms with Crippen molar-refractivity contribution in [2.45, 2.75) is 38.6 Å². The van der Waals surface area contributed by atoms with E-state index in [1.807, 2.05) is 6.07 Å². The molecule has 0 unspecified atom stereocenters. The molecule has 1 aliphatic rings. The Morgan fingerprint density at radius 3 is 2.84 bits per heavy atom. The van der Waals surface area contributed by atoms with Crippen molar-refractivity contribution >= 4 is 22.5 Å². The van der Waals surface area contributed by atoms with Crippen molar-refractivity contribution in [3.05, 3.63) is 70.6 Å². The maximum absolute atomic E-state index is 13.0. The quantitative estimate of drug-likeness (QED) is 0.546. The molecule has 8 heteroatoms. The second kappa shape index (κ2) is 8.14.